The Morgan fingerprint density at radius 3 is 1.55 bits per heavy atom. The second kappa shape index (κ2) is 6.06. The minimum atomic E-state index is -0.352. The van der Waals surface area contributed by atoms with Gasteiger partial charge in [-0.2, -0.15) is 0 Å². The second-order valence-electron chi connectivity index (χ2n) is 5.21. The van der Waals surface area contributed by atoms with Crippen LogP contribution in [-0.2, 0) is 4.79 Å². The van der Waals surface area contributed by atoms with E-state index < -0.39 is 0 Å². The van der Waals surface area contributed by atoms with Crippen LogP contribution in [0.2, 0.25) is 0 Å². The molecule has 1 aliphatic rings. The summed E-state index contributed by atoms with van der Waals surface area (Å²) in [5.74, 6) is -0.838. The Hall–Kier alpha value is -2.55. The van der Waals surface area contributed by atoms with Crippen LogP contribution in [0.1, 0.15) is 24.0 Å². The van der Waals surface area contributed by atoms with Gasteiger partial charge >= 0.3 is 0 Å². The minimum absolute atomic E-state index is 0.133. The highest BCUT2D eigenvalue weighted by Crippen LogP contribution is 2.30. The van der Waals surface area contributed by atoms with Gasteiger partial charge in [0, 0.05) is 22.3 Å². The number of rotatable bonds is 2. The number of allylic oxidation sites excluding steroid dienone is 2. The van der Waals surface area contributed by atoms with Gasteiger partial charge in [-0.15, -0.1) is 0 Å². The van der Waals surface area contributed by atoms with Crippen molar-refractivity contribution >= 4 is 17.9 Å². The van der Waals surface area contributed by atoms with E-state index in [1.54, 1.807) is 48.6 Å². The number of carbonyl (C=O) groups excluding carboxylic acids is 1. The van der Waals surface area contributed by atoms with Crippen LogP contribution in [0.4, 0.5) is 8.78 Å². The summed E-state index contributed by atoms with van der Waals surface area (Å²) in [7, 11) is 0. The van der Waals surface area contributed by atoms with Crippen LogP contribution in [0.25, 0.3) is 12.2 Å². The fourth-order valence-corrected chi connectivity index (χ4v) is 2.54. The second-order valence-corrected chi connectivity index (χ2v) is 5.21. The highest BCUT2D eigenvalue weighted by Gasteiger charge is 2.23. The average molecular weight is 296 g/mol. The van der Waals surface area contributed by atoms with E-state index in [0.717, 1.165) is 0 Å². The molecule has 1 nitrogen and oxygen atoms in total. The van der Waals surface area contributed by atoms with Gasteiger partial charge in [0.05, 0.1) is 0 Å². The van der Waals surface area contributed by atoms with Crippen LogP contribution in [-0.4, -0.2) is 5.78 Å². The van der Waals surface area contributed by atoms with E-state index in [1.165, 1.54) is 12.1 Å². The molecule has 0 spiro atoms. The molecule has 3 heteroatoms. The number of hydrogen-bond acceptors (Lipinski definition) is 1. The smallest absolute Gasteiger partial charge is 0.185 e. The quantitative estimate of drug-likeness (QED) is 0.728. The molecule has 0 bridgehead atoms. The topological polar surface area (TPSA) is 17.1 Å². The van der Waals surface area contributed by atoms with Gasteiger partial charge in [-0.05, 0) is 37.1 Å². The first-order chi connectivity index (χ1) is 10.6. The van der Waals surface area contributed by atoms with Crippen LogP contribution in [0.3, 0.4) is 0 Å². The van der Waals surface area contributed by atoms with E-state index in [2.05, 4.69) is 0 Å². The van der Waals surface area contributed by atoms with Gasteiger partial charge < -0.3 is 0 Å². The van der Waals surface area contributed by atoms with Crippen molar-refractivity contribution in [2.45, 2.75) is 12.8 Å². The van der Waals surface area contributed by atoms with E-state index >= 15 is 0 Å². The predicted molar refractivity (Wildman–Crippen MR) is 83.0 cm³/mol. The first-order valence-corrected chi connectivity index (χ1v) is 7.10. The summed E-state index contributed by atoms with van der Waals surface area (Å²) in [6.45, 7) is 0. The van der Waals surface area contributed by atoms with Crippen molar-refractivity contribution in [1.29, 1.82) is 0 Å². The highest BCUT2D eigenvalue weighted by atomic mass is 19.1. The molecule has 0 N–H and O–H groups in total. The molecular formula is C19H14F2O. The zero-order valence-corrected chi connectivity index (χ0v) is 11.9. The first kappa shape index (κ1) is 14.4. The lowest BCUT2D eigenvalue weighted by Gasteiger charge is -1.99. The summed E-state index contributed by atoms with van der Waals surface area (Å²) in [5, 5.41) is 0. The summed E-state index contributed by atoms with van der Waals surface area (Å²) < 4.78 is 27.3. The van der Waals surface area contributed by atoms with Crippen LogP contribution in [0, 0.1) is 11.6 Å². The number of benzene rings is 2. The molecular weight excluding hydrogens is 282 g/mol. The molecule has 0 radical (unpaired) electrons. The molecule has 0 heterocycles. The summed E-state index contributed by atoms with van der Waals surface area (Å²) in [6, 6.07) is 12.7. The molecule has 0 saturated heterocycles. The van der Waals surface area contributed by atoms with Gasteiger partial charge in [-0.1, -0.05) is 36.4 Å². The molecule has 0 atom stereocenters. The molecule has 3 rings (SSSR count). The summed E-state index contributed by atoms with van der Waals surface area (Å²) in [5.41, 5.74) is 1.93. The van der Waals surface area contributed by atoms with E-state index in [0.29, 0.717) is 35.1 Å². The van der Waals surface area contributed by atoms with Crippen LogP contribution in [0.5, 0.6) is 0 Å². The number of halogens is 2. The Labute approximate surface area is 127 Å². The Kier molecular flexibility index (Phi) is 3.96. The molecule has 0 aromatic heterocycles. The maximum Gasteiger partial charge on any atom is 0.185 e. The van der Waals surface area contributed by atoms with Crippen molar-refractivity contribution in [2.24, 2.45) is 0 Å². The predicted octanol–water partition coefficient (Wildman–Crippen LogP) is 4.79. The fraction of sp³-hybridized carbons (Fsp3) is 0.105. The third kappa shape index (κ3) is 2.89. The van der Waals surface area contributed by atoms with Crippen molar-refractivity contribution in [3.8, 4) is 0 Å². The number of Topliss-reactive ketones (excluding diaryl/α,β-unsaturated/α-hetero) is 1. The number of carbonyl (C=O) groups is 1. The van der Waals surface area contributed by atoms with Gasteiger partial charge in [-0.25, -0.2) is 8.78 Å². The normalized spacial score (nSPS) is 18.4. The number of ketones is 1. The molecule has 1 aliphatic carbocycles. The zero-order valence-electron chi connectivity index (χ0n) is 11.9. The number of hydrogen-bond donors (Lipinski definition) is 0. The van der Waals surface area contributed by atoms with Crippen molar-refractivity contribution in [3.63, 3.8) is 0 Å². The van der Waals surface area contributed by atoms with Crippen molar-refractivity contribution in [3.05, 3.63) is 82.4 Å². The monoisotopic (exact) mass is 296 g/mol. The van der Waals surface area contributed by atoms with E-state index in [-0.39, 0.29) is 17.4 Å². The van der Waals surface area contributed by atoms with Crippen molar-refractivity contribution in [1.82, 2.24) is 0 Å². The minimum Gasteiger partial charge on any atom is -0.289 e. The van der Waals surface area contributed by atoms with Crippen molar-refractivity contribution < 1.29 is 13.6 Å². The lowest BCUT2D eigenvalue weighted by atomic mass is 10.1. The molecule has 110 valence electrons. The summed E-state index contributed by atoms with van der Waals surface area (Å²) in [6.07, 6.45) is 4.26. The van der Waals surface area contributed by atoms with Crippen LogP contribution < -0.4 is 0 Å². The third-order valence-electron chi connectivity index (χ3n) is 3.72. The third-order valence-corrected chi connectivity index (χ3v) is 3.72. The van der Waals surface area contributed by atoms with Crippen LogP contribution in [0.15, 0.2) is 59.7 Å². The van der Waals surface area contributed by atoms with E-state index in [4.69, 9.17) is 0 Å². The summed E-state index contributed by atoms with van der Waals surface area (Å²) >= 11 is 0. The molecule has 0 unspecified atom stereocenters. The van der Waals surface area contributed by atoms with E-state index in [1.807, 2.05) is 0 Å². The van der Waals surface area contributed by atoms with Crippen LogP contribution >= 0.6 is 0 Å². The lowest BCUT2D eigenvalue weighted by molar-refractivity contribution is -0.111. The van der Waals surface area contributed by atoms with Gasteiger partial charge in [-0.3, -0.25) is 4.79 Å². The largest absolute Gasteiger partial charge is 0.289 e. The Balaban J connectivity index is 1.90. The Bertz CT molecular complexity index is 722. The average Bonchev–Trinajstić information content (AvgIpc) is 2.85. The summed E-state index contributed by atoms with van der Waals surface area (Å²) in [4.78, 5) is 12.4. The maximum atomic E-state index is 13.6. The standard InChI is InChI=1S/C19H14F2O/c20-17-7-3-1-5-13(17)11-15-9-10-16(19(15)22)12-14-6-2-4-8-18(14)21/h1-8,11-12H,9-10H2/b15-11-,16-12+. The molecule has 2 aromatic rings. The molecule has 2 aromatic carbocycles. The zero-order chi connectivity index (χ0) is 15.5. The molecule has 0 aliphatic heterocycles. The molecule has 22 heavy (non-hydrogen) atoms. The molecule has 0 amide bonds. The van der Waals surface area contributed by atoms with Crippen molar-refractivity contribution in [2.75, 3.05) is 0 Å². The Morgan fingerprint density at radius 1 is 0.727 bits per heavy atom. The first-order valence-electron chi connectivity index (χ1n) is 7.10. The highest BCUT2D eigenvalue weighted by molar-refractivity contribution is 6.15. The van der Waals surface area contributed by atoms with Gasteiger partial charge in [0.25, 0.3) is 0 Å². The van der Waals surface area contributed by atoms with Gasteiger partial charge in [0.1, 0.15) is 11.6 Å². The maximum absolute atomic E-state index is 13.6. The van der Waals surface area contributed by atoms with Gasteiger partial charge in [0.2, 0.25) is 0 Å². The lowest BCUT2D eigenvalue weighted by Crippen LogP contribution is -1.96. The van der Waals surface area contributed by atoms with Gasteiger partial charge in [0.15, 0.2) is 5.78 Å². The SMILES string of the molecule is O=C1/C(=C\c2ccccc2F)CC/C1=C\c1ccccc1F. The molecule has 1 fully saturated rings. The molecule has 1 saturated carbocycles. The fourth-order valence-electron chi connectivity index (χ4n) is 2.54. The Morgan fingerprint density at radius 2 is 1.14 bits per heavy atom. The van der Waals surface area contributed by atoms with E-state index in [9.17, 15) is 13.6 Å².